The van der Waals surface area contributed by atoms with Gasteiger partial charge in [-0.15, -0.1) is 0 Å². The Bertz CT molecular complexity index is 534. The quantitative estimate of drug-likeness (QED) is 0.867. The fourth-order valence-electron chi connectivity index (χ4n) is 2.16. The molecule has 4 nitrogen and oxygen atoms in total. The maximum absolute atomic E-state index is 5.88. The topological polar surface area (TPSA) is 63.9 Å². The molecular weight excluding hydrogens is 226 g/mol. The molecular formula is C14H19N3O. The third-order valence-corrected chi connectivity index (χ3v) is 3.14. The molecule has 96 valence electrons. The first-order valence-electron chi connectivity index (χ1n) is 6.02. The van der Waals surface area contributed by atoms with Gasteiger partial charge in [-0.25, -0.2) is 0 Å². The molecule has 0 aliphatic rings. The first-order chi connectivity index (χ1) is 8.65. The van der Waals surface area contributed by atoms with Crippen LogP contribution in [-0.4, -0.2) is 23.9 Å². The molecule has 0 bridgehead atoms. The van der Waals surface area contributed by atoms with Crippen molar-refractivity contribution in [1.29, 1.82) is 0 Å². The molecule has 1 heterocycles. The third kappa shape index (κ3) is 2.38. The number of nitrogens with two attached hydrogens (primary N) is 1. The van der Waals surface area contributed by atoms with E-state index in [1.807, 2.05) is 32.0 Å². The summed E-state index contributed by atoms with van der Waals surface area (Å²) < 4.78 is 5.27. The molecule has 0 fully saturated rings. The normalized spacial score (nSPS) is 12.4. The maximum atomic E-state index is 5.88. The standard InChI is InChI=1S/C14H19N3O/c1-9-6-11(4-5-14(9)18-3)12(8-15)13-7-10(2)16-17-13/h4-7,12H,8,15H2,1-3H3,(H,16,17). The number of hydrogen-bond acceptors (Lipinski definition) is 3. The highest BCUT2D eigenvalue weighted by atomic mass is 16.5. The summed E-state index contributed by atoms with van der Waals surface area (Å²) in [5.41, 5.74) is 10.2. The van der Waals surface area contributed by atoms with Crippen LogP contribution in [0.2, 0.25) is 0 Å². The van der Waals surface area contributed by atoms with E-state index in [4.69, 9.17) is 10.5 Å². The van der Waals surface area contributed by atoms with Crippen LogP contribution < -0.4 is 10.5 Å². The van der Waals surface area contributed by atoms with Gasteiger partial charge in [0.2, 0.25) is 0 Å². The van der Waals surface area contributed by atoms with Crippen LogP contribution in [0.3, 0.4) is 0 Å². The van der Waals surface area contributed by atoms with Crippen LogP contribution in [0.1, 0.15) is 28.4 Å². The number of methoxy groups -OCH3 is 1. The van der Waals surface area contributed by atoms with Gasteiger partial charge in [-0.2, -0.15) is 5.10 Å². The zero-order valence-electron chi connectivity index (χ0n) is 11.0. The number of ether oxygens (including phenoxy) is 1. The molecule has 18 heavy (non-hydrogen) atoms. The Kier molecular flexibility index (Phi) is 3.67. The molecule has 1 aromatic carbocycles. The van der Waals surface area contributed by atoms with Crippen molar-refractivity contribution < 1.29 is 4.74 Å². The number of aryl methyl sites for hydroxylation is 2. The molecule has 1 atom stereocenters. The SMILES string of the molecule is COc1ccc(C(CN)c2cc(C)[nH]n2)cc1C. The molecule has 0 saturated heterocycles. The van der Waals surface area contributed by atoms with Crippen LogP contribution in [-0.2, 0) is 0 Å². The van der Waals surface area contributed by atoms with E-state index in [0.717, 1.165) is 22.7 Å². The lowest BCUT2D eigenvalue weighted by Crippen LogP contribution is -2.14. The average Bonchev–Trinajstić information content (AvgIpc) is 2.77. The number of hydrogen-bond donors (Lipinski definition) is 2. The first-order valence-corrected chi connectivity index (χ1v) is 6.02. The van der Waals surface area contributed by atoms with Crippen LogP contribution in [0, 0.1) is 13.8 Å². The van der Waals surface area contributed by atoms with Crippen LogP contribution in [0.25, 0.3) is 0 Å². The minimum Gasteiger partial charge on any atom is -0.496 e. The average molecular weight is 245 g/mol. The highest BCUT2D eigenvalue weighted by Gasteiger charge is 2.16. The van der Waals surface area contributed by atoms with E-state index < -0.39 is 0 Å². The summed E-state index contributed by atoms with van der Waals surface area (Å²) in [6.07, 6.45) is 0. The lowest BCUT2D eigenvalue weighted by molar-refractivity contribution is 0.411. The molecule has 2 aromatic rings. The second kappa shape index (κ2) is 5.23. The Morgan fingerprint density at radius 1 is 1.33 bits per heavy atom. The van der Waals surface area contributed by atoms with Crippen molar-refractivity contribution in [3.8, 4) is 5.75 Å². The van der Waals surface area contributed by atoms with Gasteiger partial charge in [-0.3, -0.25) is 5.10 Å². The summed E-state index contributed by atoms with van der Waals surface area (Å²) in [7, 11) is 1.68. The number of aromatic amines is 1. The van der Waals surface area contributed by atoms with Gasteiger partial charge < -0.3 is 10.5 Å². The molecule has 1 aromatic heterocycles. The number of aromatic nitrogens is 2. The molecule has 0 radical (unpaired) electrons. The summed E-state index contributed by atoms with van der Waals surface area (Å²) in [4.78, 5) is 0. The number of nitrogens with one attached hydrogen (secondary N) is 1. The predicted octanol–water partition coefficient (Wildman–Crippen LogP) is 2.13. The summed E-state index contributed by atoms with van der Waals surface area (Å²) in [5.74, 6) is 1.02. The van der Waals surface area contributed by atoms with Crippen molar-refractivity contribution in [3.05, 3.63) is 46.8 Å². The second-order valence-electron chi connectivity index (χ2n) is 4.49. The van der Waals surface area contributed by atoms with Crippen molar-refractivity contribution in [2.45, 2.75) is 19.8 Å². The first kappa shape index (κ1) is 12.6. The lowest BCUT2D eigenvalue weighted by Gasteiger charge is -2.14. The molecule has 0 aliphatic carbocycles. The molecule has 4 heteroatoms. The molecule has 1 unspecified atom stereocenters. The van der Waals surface area contributed by atoms with Crippen LogP contribution in [0.5, 0.6) is 5.75 Å². The van der Waals surface area contributed by atoms with Crippen molar-refractivity contribution in [2.75, 3.05) is 13.7 Å². The number of H-pyrrole nitrogens is 1. The Hall–Kier alpha value is -1.81. The van der Waals surface area contributed by atoms with E-state index in [9.17, 15) is 0 Å². The van der Waals surface area contributed by atoms with Gasteiger partial charge in [0.25, 0.3) is 0 Å². The van der Waals surface area contributed by atoms with Gasteiger partial charge >= 0.3 is 0 Å². The van der Waals surface area contributed by atoms with Crippen molar-refractivity contribution in [2.24, 2.45) is 5.73 Å². The Morgan fingerprint density at radius 3 is 2.61 bits per heavy atom. The van der Waals surface area contributed by atoms with E-state index in [1.54, 1.807) is 7.11 Å². The van der Waals surface area contributed by atoms with E-state index >= 15 is 0 Å². The molecule has 0 amide bonds. The molecule has 0 saturated carbocycles. The lowest BCUT2D eigenvalue weighted by atomic mass is 9.94. The maximum Gasteiger partial charge on any atom is 0.121 e. The van der Waals surface area contributed by atoms with E-state index in [-0.39, 0.29) is 5.92 Å². The van der Waals surface area contributed by atoms with Gasteiger partial charge in [-0.1, -0.05) is 12.1 Å². The Labute approximate surface area is 107 Å². The van der Waals surface area contributed by atoms with E-state index in [0.29, 0.717) is 6.54 Å². The van der Waals surface area contributed by atoms with Gasteiger partial charge in [-0.05, 0) is 37.1 Å². The highest BCUT2D eigenvalue weighted by Crippen LogP contribution is 2.27. The summed E-state index contributed by atoms with van der Waals surface area (Å²) in [6, 6.07) is 8.18. The van der Waals surface area contributed by atoms with Gasteiger partial charge in [0, 0.05) is 18.2 Å². The monoisotopic (exact) mass is 245 g/mol. The summed E-state index contributed by atoms with van der Waals surface area (Å²) >= 11 is 0. The van der Waals surface area contributed by atoms with Gasteiger partial charge in [0.15, 0.2) is 0 Å². The number of benzene rings is 1. The molecule has 0 aliphatic heterocycles. The predicted molar refractivity (Wildman–Crippen MR) is 72.0 cm³/mol. The van der Waals surface area contributed by atoms with Gasteiger partial charge in [0.05, 0.1) is 12.8 Å². The second-order valence-corrected chi connectivity index (χ2v) is 4.49. The number of rotatable bonds is 4. The summed E-state index contributed by atoms with van der Waals surface area (Å²) in [6.45, 7) is 4.56. The Balaban J connectivity index is 2.36. The van der Waals surface area contributed by atoms with E-state index in [1.165, 1.54) is 5.56 Å². The van der Waals surface area contributed by atoms with Gasteiger partial charge in [0.1, 0.15) is 5.75 Å². The highest BCUT2D eigenvalue weighted by molar-refractivity contribution is 5.40. The Morgan fingerprint density at radius 2 is 2.11 bits per heavy atom. The zero-order chi connectivity index (χ0) is 13.1. The smallest absolute Gasteiger partial charge is 0.121 e. The third-order valence-electron chi connectivity index (χ3n) is 3.14. The minimum atomic E-state index is 0.125. The molecule has 0 spiro atoms. The fraction of sp³-hybridized carbons (Fsp3) is 0.357. The molecule has 3 N–H and O–H groups in total. The van der Waals surface area contributed by atoms with Crippen LogP contribution >= 0.6 is 0 Å². The van der Waals surface area contributed by atoms with Crippen LogP contribution in [0.4, 0.5) is 0 Å². The molecule has 2 rings (SSSR count). The summed E-state index contributed by atoms with van der Waals surface area (Å²) in [5, 5.41) is 7.26. The van der Waals surface area contributed by atoms with Crippen molar-refractivity contribution >= 4 is 0 Å². The van der Waals surface area contributed by atoms with E-state index in [2.05, 4.69) is 16.3 Å². The van der Waals surface area contributed by atoms with Crippen LogP contribution in [0.15, 0.2) is 24.3 Å². The van der Waals surface area contributed by atoms with Crippen molar-refractivity contribution in [1.82, 2.24) is 10.2 Å². The number of nitrogens with zero attached hydrogens (tertiary/aromatic N) is 1. The minimum absolute atomic E-state index is 0.125. The largest absolute Gasteiger partial charge is 0.496 e. The zero-order valence-corrected chi connectivity index (χ0v) is 11.0. The van der Waals surface area contributed by atoms with Crippen molar-refractivity contribution in [3.63, 3.8) is 0 Å². The fourth-order valence-corrected chi connectivity index (χ4v) is 2.16.